The van der Waals surface area contributed by atoms with E-state index in [1.54, 1.807) is 12.1 Å². The van der Waals surface area contributed by atoms with Gasteiger partial charge in [-0.1, -0.05) is 15.9 Å². The van der Waals surface area contributed by atoms with Crippen molar-refractivity contribution in [2.75, 3.05) is 5.32 Å². The second-order valence-corrected chi connectivity index (χ2v) is 10.5. The number of nitro groups is 1. The molecule has 1 fully saturated rings. The van der Waals surface area contributed by atoms with Crippen LogP contribution in [0.4, 0.5) is 11.4 Å². The quantitative estimate of drug-likeness (QED) is 0.365. The van der Waals surface area contributed by atoms with Gasteiger partial charge in [-0.2, -0.15) is 5.26 Å². The monoisotopic (exact) mass is 517 g/mol. The van der Waals surface area contributed by atoms with Gasteiger partial charge in [-0.25, -0.2) is 17.4 Å². The lowest BCUT2D eigenvalue weighted by atomic mass is 9.84. The molecule has 11 heteroatoms. The molecule has 32 heavy (non-hydrogen) atoms. The summed E-state index contributed by atoms with van der Waals surface area (Å²) in [4.78, 5) is 15.3. The average Bonchev–Trinajstić information content (AvgIpc) is 3.21. The summed E-state index contributed by atoms with van der Waals surface area (Å²) >= 11 is 3.29. The third-order valence-corrected chi connectivity index (χ3v) is 8.01. The molecule has 0 amide bonds. The molecule has 2 aromatic heterocycles. The van der Waals surface area contributed by atoms with Crippen LogP contribution in [-0.4, -0.2) is 28.3 Å². The first kappa shape index (κ1) is 22.2. The summed E-state index contributed by atoms with van der Waals surface area (Å²) < 4.78 is 28.1. The van der Waals surface area contributed by atoms with Crippen LogP contribution < -0.4 is 5.32 Å². The van der Waals surface area contributed by atoms with Crippen LogP contribution in [0.3, 0.4) is 0 Å². The molecule has 4 rings (SSSR count). The summed E-state index contributed by atoms with van der Waals surface area (Å²) in [6.45, 7) is 0. The van der Waals surface area contributed by atoms with Crippen molar-refractivity contribution in [3.8, 4) is 6.07 Å². The highest BCUT2D eigenvalue weighted by Gasteiger charge is 2.28. The Labute approximate surface area is 193 Å². The normalized spacial score (nSPS) is 18.9. The molecule has 0 bridgehead atoms. The molecule has 0 atom stereocenters. The van der Waals surface area contributed by atoms with Crippen LogP contribution in [0.2, 0.25) is 0 Å². The van der Waals surface area contributed by atoms with Crippen LogP contribution in [-0.2, 0) is 10.0 Å². The van der Waals surface area contributed by atoms with Gasteiger partial charge in [0.1, 0.15) is 11.9 Å². The number of rotatable bonds is 6. The van der Waals surface area contributed by atoms with Gasteiger partial charge in [-0.15, -0.1) is 0 Å². The molecule has 0 radical (unpaired) electrons. The van der Waals surface area contributed by atoms with E-state index in [0.29, 0.717) is 17.7 Å². The zero-order valence-corrected chi connectivity index (χ0v) is 19.3. The molecule has 0 spiro atoms. The summed E-state index contributed by atoms with van der Waals surface area (Å²) in [6.07, 6.45) is 6.28. The Kier molecular flexibility index (Phi) is 6.17. The Morgan fingerprint density at radius 2 is 1.91 bits per heavy atom. The van der Waals surface area contributed by atoms with E-state index in [4.69, 9.17) is 5.26 Å². The van der Waals surface area contributed by atoms with Gasteiger partial charge in [0.05, 0.1) is 21.3 Å². The third-order valence-electron chi connectivity index (χ3n) is 5.80. The van der Waals surface area contributed by atoms with Crippen molar-refractivity contribution < 1.29 is 13.3 Å². The van der Waals surface area contributed by atoms with E-state index in [0.717, 1.165) is 40.3 Å². The Balaban J connectivity index is 1.72. The van der Waals surface area contributed by atoms with Crippen molar-refractivity contribution in [2.45, 2.75) is 43.0 Å². The number of aromatic nitrogens is 2. The smallest absolute Gasteiger partial charge is 0.311 e. The highest BCUT2D eigenvalue weighted by molar-refractivity contribution is 9.10. The van der Waals surface area contributed by atoms with Crippen LogP contribution in [0.15, 0.2) is 52.1 Å². The average molecular weight is 518 g/mol. The maximum Gasteiger partial charge on any atom is 0.311 e. The van der Waals surface area contributed by atoms with Crippen LogP contribution >= 0.6 is 15.9 Å². The molecule has 1 N–H and O–H groups in total. The van der Waals surface area contributed by atoms with Crippen LogP contribution in [0, 0.1) is 27.4 Å². The summed E-state index contributed by atoms with van der Waals surface area (Å²) in [5.74, 6) is 0.350. The molecular weight excluding hydrogens is 498 g/mol. The van der Waals surface area contributed by atoms with Crippen molar-refractivity contribution in [3.63, 3.8) is 0 Å². The van der Waals surface area contributed by atoms with Crippen LogP contribution in [0.5, 0.6) is 0 Å². The number of hydrogen-bond donors (Lipinski definition) is 1. The second kappa shape index (κ2) is 8.88. The number of nitrogens with one attached hydrogen (secondary N) is 1. The number of anilines is 1. The van der Waals surface area contributed by atoms with Gasteiger partial charge in [0.25, 0.3) is 10.0 Å². The lowest BCUT2D eigenvalue weighted by Crippen LogP contribution is -2.26. The zero-order valence-electron chi connectivity index (χ0n) is 16.9. The highest BCUT2D eigenvalue weighted by Crippen LogP contribution is 2.36. The van der Waals surface area contributed by atoms with Crippen molar-refractivity contribution in [2.24, 2.45) is 5.92 Å². The number of fused-ring (bicyclic) bond motifs is 1. The molecule has 1 aliphatic carbocycles. The molecule has 2 heterocycles. The Morgan fingerprint density at radius 3 is 2.53 bits per heavy atom. The molecular formula is C21H20BrN5O4S. The minimum Gasteiger partial charge on any atom is -0.376 e. The molecule has 1 aromatic carbocycles. The molecule has 1 saturated carbocycles. The number of pyridine rings is 1. The fourth-order valence-corrected chi connectivity index (χ4v) is 5.67. The van der Waals surface area contributed by atoms with E-state index in [-0.39, 0.29) is 28.0 Å². The van der Waals surface area contributed by atoms with Crippen LogP contribution in [0.1, 0.15) is 32.1 Å². The Bertz CT molecular complexity index is 1310. The maximum absolute atomic E-state index is 13.2. The number of nitriles is 1. The Morgan fingerprint density at radius 1 is 1.22 bits per heavy atom. The summed E-state index contributed by atoms with van der Waals surface area (Å²) in [6, 6.07) is 9.97. The third kappa shape index (κ3) is 4.20. The zero-order chi connectivity index (χ0) is 22.9. The fraction of sp³-hybridized carbons (Fsp3) is 0.333. The molecule has 0 aliphatic heterocycles. The maximum atomic E-state index is 13.2. The van der Waals surface area contributed by atoms with Crippen LogP contribution in [0.25, 0.3) is 11.0 Å². The van der Waals surface area contributed by atoms with E-state index >= 15 is 0 Å². The predicted octanol–water partition coefficient (Wildman–Crippen LogP) is 4.83. The van der Waals surface area contributed by atoms with Gasteiger partial charge in [-0.3, -0.25) is 10.1 Å². The first-order chi connectivity index (χ1) is 15.3. The van der Waals surface area contributed by atoms with E-state index in [2.05, 4.69) is 32.3 Å². The van der Waals surface area contributed by atoms with Crippen molar-refractivity contribution in [3.05, 3.63) is 57.3 Å². The summed E-state index contributed by atoms with van der Waals surface area (Å²) in [5.41, 5.74) is 0.197. The lowest BCUT2D eigenvalue weighted by Gasteiger charge is -2.28. The molecule has 0 unspecified atom stereocenters. The molecule has 3 aromatic rings. The molecule has 0 saturated heterocycles. The SMILES string of the molecule is N#CCC1CCC(Nc2c([N+](=O)[O-])cnc3c2ccn3S(=O)(=O)c2ccc(Br)cc2)CC1. The van der Waals surface area contributed by atoms with Gasteiger partial charge in [-0.05, 0) is 61.9 Å². The minimum absolute atomic E-state index is 0.000624. The number of halogens is 1. The highest BCUT2D eigenvalue weighted by atomic mass is 79.9. The second-order valence-electron chi connectivity index (χ2n) is 7.81. The largest absolute Gasteiger partial charge is 0.376 e. The first-order valence-corrected chi connectivity index (χ1v) is 12.3. The fourth-order valence-electron chi connectivity index (χ4n) is 4.10. The topological polar surface area (TPSA) is 131 Å². The van der Waals surface area contributed by atoms with E-state index in [1.807, 2.05) is 0 Å². The van der Waals surface area contributed by atoms with Gasteiger partial charge in [0.2, 0.25) is 0 Å². The van der Waals surface area contributed by atoms with E-state index in [1.165, 1.54) is 24.4 Å². The van der Waals surface area contributed by atoms with Gasteiger partial charge in [0, 0.05) is 23.1 Å². The van der Waals surface area contributed by atoms with E-state index < -0.39 is 14.9 Å². The summed E-state index contributed by atoms with van der Waals surface area (Å²) in [5, 5.41) is 24.2. The summed E-state index contributed by atoms with van der Waals surface area (Å²) in [7, 11) is -3.93. The van der Waals surface area contributed by atoms with Gasteiger partial charge < -0.3 is 5.32 Å². The molecule has 1 aliphatic rings. The number of benzene rings is 1. The van der Waals surface area contributed by atoms with Crippen molar-refractivity contribution >= 4 is 48.4 Å². The number of hydrogen-bond acceptors (Lipinski definition) is 7. The number of nitrogens with zero attached hydrogens (tertiary/aromatic N) is 4. The van der Waals surface area contributed by atoms with Crippen molar-refractivity contribution in [1.29, 1.82) is 5.26 Å². The molecule has 166 valence electrons. The molecule has 9 nitrogen and oxygen atoms in total. The minimum atomic E-state index is -3.93. The lowest BCUT2D eigenvalue weighted by molar-refractivity contribution is -0.384. The first-order valence-electron chi connectivity index (χ1n) is 10.1. The predicted molar refractivity (Wildman–Crippen MR) is 123 cm³/mol. The standard InChI is InChI=1S/C21H20BrN5O4S/c22-15-3-7-17(8-4-15)32(30,31)26-12-10-18-20(19(27(28)29)13-24-21(18)26)25-16-5-1-14(2-6-16)9-11-23/h3-4,7-8,10,12-14,16H,1-2,5-6,9H2,(H,24,25). The van der Waals surface area contributed by atoms with E-state index in [9.17, 15) is 18.5 Å². The van der Waals surface area contributed by atoms with Crippen molar-refractivity contribution in [1.82, 2.24) is 8.96 Å². The Hall–Kier alpha value is -2.97. The van der Waals surface area contributed by atoms with Gasteiger partial charge >= 0.3 is 5.69 Å². The van der Waals surface area contributed by atoms with Gasteiger partial charge in [0.15, 0.2) is 5.65 Å².